The van der Waals surface area contributed by atoms with Gasteiger partial charge in [-0.05, 0) is 24.3 Å². The van der Waals surface area contributed by atoms with E-state index in [9.17, 15) is 4.79 Å². The summed E-state index contributed by atoms with van der Waals surface area (Å²) in [6, 6.07) is 16.5. The summed E-state index contributed by atoms with van der Waals surface area (Å²) in [6.07, 6.45) is 3.17. The molecule has 0 saturated heterocycles. The van der Waals surface area contributed by atoms with E-state index in [0.29, 0.717) is 36.1 Å². The Labute approximate surface area is 145 Å². The summed E-state index contributed by atoms with van der Waals surface area (Å²) in [5.41, 5.74) is 0.645. The first-order chi connectivity index (χ1) is 12.3. The predicted molar refractivity (Wildman–Crippen MR) is 96.8 cm³/mol. The fraction of sp³-hybridized carbons (Fsp3) is 0.111. The lowest BCUT2D eigenvalue weighted by Crippen LogP contribution is -2.28. The van der Waals surface area contributed by atoms with Crippen LogP contribution in [0.1, 0.15) is 10.4 Å². The van der Waals surface area contributed by atoms with Gasteiger partial charge in [0.15, 0.2) is 0 Å². The first-order valence-corrected chi connectivity index (χ1v) is 7.88. The van der Waals surface area contributed by atoms with Crippen LogP contribution in [0.5, 0.6) is 0 Å². The minimum atomic E-state index is -0.0948. The number of rotatable bonds is 7. The number of anilines is 3. The van der Waals surface area contributed by atoms with E-state index in [2.05, 4.69) is 30.9 Å². The second-order valence-electron chi connectivity index (χ2n) is 5.18. The topological polar surface area (TPSA) is 91.8 Å². The van der Waals surface area contributed by atoms with Crippen LogP contribution in [-0.2, 0) is 0 Å². The van der Waals surface area contributed by atoms with Crippen molar-refractivity contribution < 1.29 is 4.79 Å². The number of benzene rings is 1. The zero-order valence-electron chi connectivity index (χ0n) is 13.5. The highest BCUT2D eigenvalue weighted by Gasteiger charge is 2.03. The number of hydrogen-bond acceptors (Lipinski definition) is 6. The van der Waals surface area contributed by atoms with E-state index in [-0.39, 0.29) is 5.91 Å². The number of pyridine rings is 1. The van der Waals surface area contributed by atoms with E-state index in [0.717, 1.165) is 0 Å². The molecule has 0 aliphatic carbocycles. The lowest BCUT2D eigenvalue weighted by atomic mass is 10.2. The molecule has 25 heavy (non-hydrogen) atoms. The van der Waals surface area contributed by atoms with Crippen molar-refractivity contribution in [3.63, 3.8) is 0 Å². The van der Waals surface area contributed by atoms with Gasteiger partial charge < -0.3 is 16.0 Å². The molecule has 0 fully saturated rings. The molecule has 0 radical (unpaired) electrons. The predicted octanol–water partition coefficient (Wildman–Crippen LogP) is 2.46. The average molecular weight is 334 g/mol. The monoisotopic (exact) mass is 334 g/mol. The van der Waals surface area contributed by atoms with Crippen molar-refractivity contribution in [3.8, 4) is 0 Å². The molecule has 3 rings (SSSR count). The fourth-order valence-electron chi connectivity index (χ4n) is 2.15. The van der Waals surface area contributed by atoms with Crippen molar-refractivity contribution in [2.75, 3.05) is 23.7 Å². The number of hydrogen-bond donors (Lipinski definition) is 3. The Hall–Kier alpha value is -3.48. The number of nitrogens with one attached hydrogen (secondary N) is 3. The van der Waals surface area contributed by atoms with Gasteiger partial charge in [0.25, 0.3) is 5.91 Å². The molecule has 0 aliphatic rings. The molecule has 126 valence electrons. The van der Waals surface area contributed by atoms with Gasteiger partial charge in [0.1, 0.15) is 23.8 Å². The number of carbonyl (C=O) groups is 1. The van der Waals surface area contributed by atoms with Crippen molar-refractivity contribution in [3.05, 3.63) is 72.7 Å². The summed E-state index contributed by atoms with van der Waals surface area (Å²) in [7, 11) is 0. The van der Waals surface area contributed by atoms with Gasteiger partial charge in [0.2, 0.25) is 0 Å². The minimum Gasteiger partial charge on any atom is -0.368 e. The van der Waals surface area contributed by atoms with Crippen LogP contribution in [0.2, 0.25) is 0 Å². The SMILES string of the molecule is O=C(NCCNc1cc(Nc2ccccn2)ncn1)c1ccccc1. The number of amides is 1. The zero-order chi connectivity index (χ0) is 17.3. The van der Waals surface area contributed by atoms with Gasteiger partial charge in [-0.2, -0.15) is 0 Å². The molecule has 2 heterocycles. The van der Waals surface area contributed by atoms with Gasteiger partial charge in [-0.1, -0.05) is 24.3 Å². The van der Waals surface area contributed by atoms with Crippen LogP contribution in [0.15, 0.2) is 67.1 Å². The maximum atomic E-state index is 11.9. The van der Waals surface area contributed by atoms with Crippen LogP contribution in [0, 0.1) is 0 Å². The highest BCUT2D eigenvalue weighted by Crippen LogP contribution is 2.13. The van der Waals surface area contributed by atoms with Crippen LogP contribution in [0.4, 0.5) is 17.5 Å². The van der Waals surface area contributed by atoms with E-state index < -0.39 is 0 Å². The summed E-state index contributed by atoms with van der Waals surface area (Å²) in [4.78, 5) is 24.4. The molecule has 3 aromatic rings. The molecule has 0 unspecified atom stereocenters. The minimum absolute atomic E-state index is 0.0948. The Kier molecular flexibility index (Phi) is 5.50. The highest BCUT2D eigenvalue weighted by molar-refractivity contribution is 5.94. The second kappa shape index (κ2) is 8.39. The number of aromatic nitrogens is 3. The zero-order valence-corrected chi connectivity index (χ0v) is 13.5. The maximum Gasteiger partial charge on any atom is 0.251 e. The van der Waals surface area contributed by atoms with Crippen LogP contribution < -0.4 is 16.0 Å². The van der Waals surface area contributed by atoms with Crippen molar-refractivity contribution in [2.45, 2.75) is 0 Å². The van der Waals surface area contributed by atoms with E-state index in [1.165, 1.54) is 6.33 Å². The average Bonchev–Trinajstić information content (AvgIpc) is 2.67. The first kappa shape index (κ1) is 16.4. The molecule has 1 aromatic carbocycles. The number of carbonyl (C=O) groups excluding carboxylic acids is 1. The van der Waals surface area contributed by atoms with E-state index in [1.807, 2.05) is 36.4 Å². The molecule has 0 spiro atoms. The lowest BCUT2D eigenvalue weighted by Gasteiger charge is -2.09. The van der Waals surface area contributed by atoms with Gasteiger partial charge in [0.05, 0.1) is 0 Å². The number of nitrogens with zero attached hydrogens (tertiary/aromatic N) is 3. The van der Waals surface area contributed by atoms with Gasteiger partial charge >= 0.3 is 0 Å². The fourth-order valence-corrected chi connectivity index (χ4v) is 2.15. The van der Waals surface area contributed by atoms with Crippen LogP contribution >= 0.6 is 0 Å². The smallest absolute Gasteiger partial charge is 0.251 e. The largest absolute Gasteiger partial charge is 0.368 e. The molecule has 2 aromatic heterocycles. The van der Waals surface area contributed by atoms with Crippen molar-refractivity contribution >= 4 is 23.4 Å². The third kappa shape index (κ3) is 5.00. The van der Waals surface area contributed by atoms with Crippen molar-refractivity contribution in [1.82, 2.24) is 20.3 Å². The molecule has 3 N–H and O–H groups in total. The van der Waals surface area contributed by atoms with Crippen LogP contribution in [0.25, 0.3) is 0 Å². The second-order valence-corrected chi connectivity index (χ2v) is 5.18. The van der Waals surface area contributed by atoms with E-state index in [1.54, 1.807) is 24.4 Å². The Morgan fingerprint density at radius 1 is 0.840 bits per heavy atom. The molecule has 0 saturated carbocycles. The molecule has 7 heteroatoms. The summed E-state index contributed by atoms with van der Waals surface area (Å²) in [5, 5.41) is 9.11. The van der Waals surface area contributed by atoms with E-state index in [4.69, 9.17) is 0 Å². The summed E-state index contributed by atoms with van der Waals surface area (Å²) in [6.45, 7) is 1.04. The molecule has 0 atom stereocenters. The van der Waals surface area contributed by atoms with Gasteiger partial charge in [0, 0.05) is 30.9 Å². The molecular weight excluding hydrogens is 316 g/mol. The molecule has 1 amide bonds. The van der Waals surface area contributed by atoms with Gasteiger partial charge in [-0.25, -0.2) is 15.0 Å². The summed E-state index contributed by atoms with van der Waals surface area (Å²) >= 11 is 0. The van der Waals surface area contributed by atoms with E-state index >= 15 is 0 Å². The third-order valence-electron chi connectivity index (χ3n) is 3.34. The quantitative estimate of drug-likeness (QED) is 0.575. The highest BCUT2D eigenvalue weighted by atomic mass is 16.1. The third-order valence-corrected chi connectivity index (χ3v) is 3.34. The lowest BCUT2D eigenvalue weighted by molar-refractivity contribution is 0.0955. The maximum absolute atomic E-state index is 11.9. The molecular formula is C18H18N6O. The Balaban J connectivity index is 1.47. The molecule has 0 bridgehead atoms. The normalized spacial score (nSPS) is 10.1. The van der Waals surface area contributed by atoms with Crippen molar-refractivity contribution in [2.24, 2.45) is 0 Å². The van der Waals surface area contributed by atoms with Crippen LogP contribution in [-0.4, -0.2) is 33.9 Å². The summed E-state index contributed by atoms with van der Waals surface area (Å²) < 4.78 is 0. The van der Waals surface area contributed by atoms with Crippen molar-refractivity contribution in [1.29, 1.82) is 0 Å². The molecule has 0 aliphatic heterocycles. The Bertz CT molecular complexity index is 810. The standard InChI is InChI=1S/C18H18N6O/c25-18(14-6-2-1-3-7-14)21-11-10-20-16-12-17(23-13-22-16)24-15-8-4-5-9-19-15/h1-9,12-13H,10-11H2,(H,21,25)(H2,19,20,22,23,24). The first-order valence-electron chi connectivity index (χ1n) is 7.88. The Morgan fingerprint density at radius 2 is 1.64 bits per heavy atom. The summed E-state index contributed by atoms with van der Waals surface area (Å²) in [5.74, 6) is 1.93. The van der Waals surface area contributed by atoms with Gasteiger partial charge in [-0.3, -0.25) is 4.79 Å². The van der Waals surface area contributed by atoms with Gasteiger partial charge in [-0.15, -0.1) is 0 Å². The molecule has 7 nitrogen and oxygen atoms in total. The Morgan fingerprint density at radius 3 is 2.44 bits per heavy atom. The van der Waals surface area contributed by atoms with Crippen LogP contribution in [0.3, 0.4) is 0 Å².